The summed E-state index contributed by atoms with van der Waals surface area (Å²) in [6, 6.07) is 0. The summed E-state index contributed by atoms with van der Waals surface area (Å²) in [6.45, 7) is 6.77. The van der Waals surface area contributed by atoms with E-state index < -0.39 is 0 Å². The van der Waals surface area contributed by atoms with Crippen molar-refractivity contribution >= 4 is 63.4 Å². The van der Waals surface area contributed by atoms with Gasteiger partial charge in [-0.25, -0.2) is 15.0 Å². The largest absolute Gasteiger partial charge is 0.348 e. The standard InChI is InChI=1S/C25H34N4S3/c1-3-5-7-9-16-29(17-10-8-6-4-2)25-28-20-22(32-25)12-14-24-27-19-21(31-24)11-13-23-26-15-18-30-23/h11-15,18-20H,3-10,16-17H2,1-2H3/b13-11+,14-12+. The van der Waals surface area contributed by atoms with Gasteiger partial charge in [0.25, 0.3) is 0 Å². The lowest BCUT2D eigenvalue weighted by Crippen LogP contribution is -2.25. The van der Waals surface area contributed by atoms with Gasteiger partial charge in [-0.05, 0) is 37.1 Å². The van der Waals surface area contributed by atoms with Crippen LogP contribution >= 0.6 is 34.0 Å². The minimum absolute atomic E-state index is 1.01. The Morgan fingerprint density at radius 3 is 2.03 bits per heavy atom. The van der Waals surface area contributed by atoms with Crippen LogP contribution in [0.15, 0.2) is 24.0 Å². The maximum Gasteiger partial charge on any atom is 0.185 e. The molecule has 0 radical (unpaired) electrons. The van der Waals surface area contributed by atoms with Gasteiger partial charge in [-0.3, -0.25) is 0 Å². The van der Waals surface area contributed by atoms with Crippen molar-refractivity contribution in [3.8, 4) is 0 Å². The number of hydrogen-bond acceptors (Lipinski definition) is 7. The van der Waals surface area contributed by atoms with E-state index in [9.17, 15) is 0 Å². The molecule has 0 saturated carbocycles. The van der Waals surface area contributed by atoms with E-state index in [1.54, 1.807) is 34.0 Å². The summed E-state index contributed by atoms with van der Waals surface area (Å²) < 4.78 is 0. The summed E-state index contributed by atoms with van der Waals surface area (Å²) in [6.07, 6.45) is 24.4. The molecule has 4 nitrogen and oxygen atoms in total. The lowest BCUT2D eigenvalue weighted by molar-refractivity contribution is 0.608. The van der Waals surface area contributed by atoms with Crippen LogP contribution in [0.4, 0.5) is 5.13 Å². The van der Waals surface area contributed by atoms with E-state index in [0.29, 0.717) is 0 Å². The molecule has 0 amide bonds. The maximum absolute atomic E-state index is 4.75. The first-order valence-corrected chi connectivity index (χ1v) is 14.2. The van der Waals surface area contributed by atoms with Gasteiger partial charge in [-0.15, -0.1) is 22.7 Å². The first-order valence-electron chi connectivity index (χ1n) is 11.7. The van der Waals surface area contributed by atoms with Crippen molar-refractivity contribution in [3.63, 3.8) is 0 Å². The Kier molecular flexibility index (Phi) is 11.1. The molecule has 0 fully saturated rings. The second kappa shape index (κ2) is 14.3. The SMILES string of the molecule is CCCCCCN(CCCCCC)c1ncc(/C=C/c2ncc(/C=C/c3nccs3)s2)s1. The summed E-state index contributed by atoms with van der Waals surface area (Å²) in [7, 11) is 0. The molecule has 0 aliphatic carbocycles. The predicted octanol–water partition coefficient (Wildman–Crippen LogP) is 8.36. The first-order chi connectivity index (χ1) is 15.8. The van der Waals surface area contributed by atoms with Crippen molar-refractivity contribution in [2.75, 3.05) is 18.0 Å². The second-order valence-electron chi connectivity index (χ2n) is 7.79. The molecule has 0 aliphatic rings. The van der Waals surface area contributed by atoms with Gasteiger partial charge in [0.05, 0.1) is 0 Å². The van der Waals surface area contributed by atoms with Crippen molar-refractivity contribution in [2.45, 2.75) is 65.2 Å². The molecular formula is C25H34N4S3. The van der Waals surface area contributed by atoms with Crippen molar-refractivity contribution in [3.05, 3.63) is 43.7 Å². The third-order valence-electron chi connectivity index (χ3n) is 5.12. The highest BCUT2D eigenvalue weighted by Gasteiger charge is 2.10. The van der Waals surface area contributed by atoms with Crippen LogP contribution in [0.3, 0.4) is 0 Å². The van der Waals surface area contributed by atoms with Crippen LogP contribution < -0.4 is 4.90 Å². The van der Waals surface area contributed by atoms with Crippen LogP contribution in [-0.4, -0.2) is 28.0 Å². The number of aromatic nitrogens is 3. The van der Waals surface area contributed by atoms with Gasteiger partial charge in [0.15, 0.2) is 5.13 Å². The normalized spacial score (nSPS) is 11.8. The summed E-state index contributed by atoms with van der Waals surface area (Å²) in [5, 5.41) is 5.17. The topological polar surface area (TPSA) is 41.9 Å². The van der Waals surface area contributed by atoms with Gasteiger partial charge in [-0.2, -0.15) is 0 Å². The number of hydrogen-bond donors (Lipinski definition) is 0. The van der Waals surface area contributed by atoms with Gasteiger partial charge in [-0.1, -0.05) is 63.7 Å². The highest BCUT2D eigenvalue weighted by molar-refractivity contribution is 7.16. The van der Waals surface area contributed by atoms with Crippen LogP contribution in [-0.2, 0) is 0 Å². The fourth-order valence-corrected chi connectivity index (χ4v) is 5.46. The average molecular weight is 487 g/mol. The predicted molar refractivity (Wildman–Crippen MR) is 145 cm³/mol. The number of anilines is 1. The van der Waals surface area contributed by atoms with Gasteiger partial charge >= 0.3 is 0 Å². The molecular weight excluding hydrogens is 453 g/mol. The molecule has 3 aromatic rings. The molecule has 172 valence electrons. The van der Waals surface area contributed by atoms with Crippen LogP contribution in [0, 0.1) is 0 Å². The molecule has 0 aliphatic heterocycles. The summed E-state index contributed by atoms with van der Waals surface area (Å²) in [4.78, 5) is 18.4. The number of thiazole rings is 3. The molecule has 0 N–H and O–H groups in total. The van der Waals surface area contributed by atoms with Gasteiger partial charge in [0, 0.05) is 46.8 Å². The number of nitrogens with zero attached hydrogens (tertiary/aromatic N) is 4. The first kappa shape index (κ1) is 24.8. The zero-order valence-electron chi connectivity index (χ0n) is 19.2. The van der Waals surface area contributed by atoms with Crippen LogP contribution in [0.25, 0.3) is 24.3 Å². The molecule has 0 atom stereocenters. The Hall–Kier alpha value is -1.83. The number of unbranched alkanes of at least 4 members (excludes halogenated alkanes) is 6. The average Bonchev–Trinajstić information content (AvgIpc) is 3.57. The number of rotatable bonds is 15. The summed E-state index contributed by atoms with van der Waals surface area (Å²) >= 11 is 5.11. The molecule has 7 heteroatoms. The zero-order valence-corrected chi connectivity index (χ0v) is 21.7. The van der Waals surface area contributed by atoms with Crippen molar-refractivity contribution in [2.24, 2.45) is 0 Å². The van der Waals surface area contributed by atoms with E-state index in [1.807, 2.05) is 30.0 Å². The van der Waals surface area contributed by atoms with Gasteiger partial charge in [0.2, 0.25) is 0 Å². The summed E-state index contributed by atoms with van der Waals surface area (Å²) in [5.74, 6) is 0. The van der Waals surface area contributed by atoms with E-state index in [2.05, 4.69) is 46.9 Å². The fraction of sp³-hybridized carbons (Fsp3) is 0.480. The monoisotopic (exact) mass is 486 g/mol. The third-order valence-corrected chi connectivity index (χ3v) is 7.81. The van der Waals surface area contributed by atoms with Gasteiger partial charge < -0.3 is 4.90 Å². The lowest BCUT2D eigenvalue weighted by atomic mass is 10.2. The van der Waals surface area contributed by atoms with E-state index in [-0.39, 0.29) is 0 Å². The van der Waals surface area contributed by atoms with Gasteiger partial charge in [0.1, 0.15) is 10.0 Å². The second-order valence-corrected chi connectivity index (χ2v) is 10.9. The zero-order chi connectivity index (χ0) is 22.4. The highest BCUT2D eigenvalue weighted by Crippen LogP contribution is 2.26. The Morgan fingerprint density at radius 1 is 0.719 bits per heavy atom. The molecule has 3 heterocycles. The fourth-order valence-electron chi connectivity index (χ4n) is 3.34. The molecule has 3 aromatic heterocycles. The minimum Gasteiger partial charge on any atom is -0.348 e. The Bertz CT molecular complexity index is 928. The van der Waals surface area contributed by atoms with E-state index >= 15 is 0 Å². The van der Waals surface area contributed by atoms with E-state index in [1.165, 1.54) is 56.2 Å². The highest BCUT2D eigenvalue weighted by atomic mass is 32.1. The van der Waals surface area contributed by atoms with E-state index in [4.69, 9.17) is 4.98 Å². The summed E-state index contributed by atoms with van der Waals surface area (Å²) in [5.41, 5.74) is 0. The molecule has 0 aromatic carbocycles. The molecule has 0 unspecified atom stereocenters. The Morgan fingerprint density at radius 2 is 1.38 bits per heavy atom. The van der Waals surface area contributed by atoms with Crippen molar-refractivity contribution < 1.29 is 0 Å². The van der Waals surface area contributed by atoms with Crippen molar-refractivity contribution in [1.82, 2.24) is 15.0 Å². The van der Waals surface area contributed by atoms with Crippen LogP contribution in [0.2, 0.25) is 0 Å². The molecule has 0 bridgehead atoms. The molecule has 0 spiro atoms. The maximum atomic E-state index is 4.75. The van der Waals surface area contributed by atoms with E-state index in [0.717, 1.165) is 33.1 Å². The lowest BCUT2D eigenvalue weighted by Gasteiger charge is -2.21. The van der Waals surface area contributed by atoms with Crippen LogP contribution in [0.1, 0.15) is 85.0 Å². The molecule has 3 rings (SSSR count). The minimum atomic E-state index is 1.01. The van der Waals surface area contributed by atoms with Crippen LogP contribution in [0.5, 0.6) is 0 Å². The molecule has 32 heavy (non-hydrogen) atoms. The quantitative estimate of drug-likeness (QED) is 0.202. The molecule has 0 saturated heterocycles. The Balaban J connectivity index is 1.57. The third kappa shape index (κ3) is 8.60. The van der Waals surface area contributed by atoms with Crippen molar-refractivity contribution in [1.29, 1.82) is 0 Å². The Labute approximate surface area is 204 Å². The smallest absolute Gasteiger partial charge is 0.185 e.